The highest BCUT2D eigenvalue weighted by Crippen LogP contribution is 2.32. The Morgan fingerprint density at radius 1 is 0.441 bits per heavy atom. The molecule has 0 spiro atoms. The lowest BCUT2D eigenvalue weighted by molar-refractivity contribution is -0.387. The third kappa shape index (κ3) is 5.37. The maximum Gasteiger partial charge on any atom is 0.187 e. The van der Waals surface area contributed by atoms with Crippen molar-refractivity contribution in [1.29, 1.82) is 0 Å². The van der Waals surface area contributed by atoms with E-state index >= 15 is 0 Å². The fraction of sp³-hybridized carbons (Fsp3) is 1.00. The quantitative estimate of drug-likeness (QED) is 0.154. The Hall–Kier alpha value is -0.640. The van der Waals surface area contributed by atoms with E-state index in [4.69, 9.17) is 23.7 Å². The molecule has 0 aromatic carbocycles. The maximum atomic E-state index is 10.6. The zero-order chi connectivity index (χ0) is 25.3. The molecule has 200 valence electrons. The maximum absolute atomic E-state index is 10.6. The highest BCUT2D eigenvalue weighted by Gasteiger charge is 2.53. The zero-order valence-corrected chi connectivity index (χ0v) is 17.7. The second-order valence-electron chi connectivity index (χ2n) is 8.33. The van der Waals surface area contributed by atoms with Crippen LogP contribution in [0.15, 0.2) is 0 Å². The van der Waals surface area contributed by atoms with Gasteiger partial charge in [-0.25, -0.2) is 0 Å². The summed E-state index contributed by atoms with van der Waals surface area (Å²) in [7, 11) is 0. The van der Waals surface area contributed by atoms with Crippen LogP contribution in [0.1, 0.15) is 0 Å². The molecule has 3 saturated heterocycles. The molecule has 0 unspecified atom stereocenters. The number of rotatable bonds is 7. The van der Waals surface area contributed by atoms with Crippen LogP contribution in [0, 0.1) is 0 Å². The van der Waals surface area contributed by atoms with E-state index in [0.717, 1.165) is 0 Å². The molecule has 3 aliphatic rings. The molecule has 0 bridgehead atoms. The summed E-state index contributed by atoms with van der Waals surface area (Å²) in [6, 6.07) is 0. The van der Waals surface area contributed by atoms with Gasteiger partial charge in [-0.1, -0.05) is 0 Å². The van der Waals surface area contributed by atoms with E-state index in [1.807, 2.05) is 0 Å². The van der Waals surface area contributed by atoms with Gasteiger partial charge < -0.3 is 79.9 Å². The van der Waals surface area contributed by atoms with Crippen LogP contribution < -0.4 is 0 Å². The molecule has 0 saturated carbocycles. The van der Waals surface area contributed by atoms with Gasteiger partial charge in [-0.2, -0.15) is 0 Å². The number of hydrogen-bond acceptors (Lipinski definition) is 16. The van der Waals surface area contributed by atoms with Gasteiger partial charge in [0.05, 0.1) is 19.8 Å². The number of aliphatic hydroxyl groups is 11. The van der Waals surface area contributed by atoms with Gasteiger partial charge in [0.15, 0.2) is 18.9 Å². The van der Waals surface area contributed by atoms with E-state index in [2.05, 4.69) is 0 Å². The number of ether oxygens (including phenoxy) is 5. The first-order valence-corrected chi connectivity index (χ1v) is 10.6. The summed E-state index contributed by atoms with van der Waals surface area (Å²) in [6.45, 7) is -2.33. The molecular weight excluding hydrogens is 472 g/mol. The molecule has 15 atom stereocenters. The van der Waals surface area contributed by atoms with Crippen molar-refractivity contribution in [2.75, 3.05) is 19.8 Å². The fourth-order valence-corrected chi connectivity index (χ4v) is 4.03. The molecule has 0 amide bonds. The van der Waals surface area contributed by atoms with Gasteiger partial charge >= 0.3 is 0 Å². The van der Waals surface area contributed by atoms with Crippen molar-refractivity contribution in [2.45, 2.75) is 92.1 Å². The van der Waals surface area contributed by atoms with Crippen LogP contribution in [0.25, 0.3) is 0 Å². The summed E-state index contributed by atoms with van der Waals surface area (Å²) in [5.74, 6) is 0. The zero-order valence-electron chi connectivity index (χ0n) is 17.7. The summed E-state index contributed by atoms with van der Waals surface area (Å²) in [4.78, 5) is 0. The predicted octanol–water partition coefficient (Wildman–Crippen LogP) is -7.57. The SMILES string of the molecule is OC[C@H]1O[C@@H](O[C@@H]2[C@@H](O[C@@H]3O[C@H](CO)[C@@H](O)[C@H](O)[C@H]3O)[C@H](O)[C@@H](CO)O[C@@H]2O)[C@H](O)[C@@H](O)[C@@H]1O. The van der Waals surface area contributed by atoms with E-state index in [1.165, 1.54) is 0 Å². The van der Waals surface area contributed by atoms with Crippen molar-refractivity contribution < 1.29 is 79.9 Å². The third-order valence-electron chi connectivity index (χ3n) is 6.10. The Bertz CT molecular complexity index is 637. The first kappa shape index (κ1) is 27.9. The van der Waals surface area contributed by atoms with Crippen molar-refractivity contribution in [2.24, 2.45) is 0 Å². The third-order valence-corrected chi connectivity index (χ3v) is 6.10. The molecule has 3 heterocycles. The molecule has 0 radical (unpaired) electrons. The van der Waals surface area contributed by atoms with E-state index in [9.17, 15) is 56.2 Å². The predicted molar refractivity (Wildman–Crippen MR) is 101 cm³/mol. The minimum atomic E-state index is -1.94. The Morgan fingerprint density at radius 3 is 1.24 bits per heavy atom. The number of aliphatic hydroxyl groups excluding tert-OH is 11. The number of hydrogen-bond donors (Lipinski definition) is 11. The monoisotopic (exact) mass is 504 g/mol. The first-order valence-electron chi connectivity index (χ1n) is 10.6. The van der Waals surface area contributed by atoms with Gasteiger partial charge in [-0.05, 0) is 0 Å². The van der Waals surface area contributed by atoms with Gasteiger partial charge in [-0.3, -0.25) is 0 Å². The summed E-state index contributed by atoms with van der Waals surface area (Å²) < 4.78 is 26.5. The second-order valence-corrected chi connectivity index (χ2v) is 8.33. The molecule has 34 heavy (non-hydrogen) atoms. The van der Waals surface area contributed by atoms with Crippen LogP contribution in [-0.4, -0.2) is 168 Å². The summed E-state index contributed by atoms with van der Waals surface area (Å²) in [5, 5.41) is 109. The standard InChI is InChI=1S/C18H32O16/c19-1-4-7(22)10(25)12(27)17(31-4)33-14-9(24)6(3-21)30-16(29)15(14)34-18-13(28)11(26)8(23)5(2-20)32-18/h4-29H,1-3H2/t4-,5-,6-,7-,8-,9-,10+,11+,12-,13-,14+,15-,16+,17+,18+/m1/s1. The minimum absolute atomic E-state index is 0.769. The van der Waals surface area contributed by atoms with Crippen molar-refractivity contribution in [3.05, 3.63) is 0 Å². The lowest BCUT2D eigenvalue weighted by atomic mass is 9.96. The second kappa shape index (κ2) is 11.6. The summed E-state index contributed by atoms with van der Waals surface area (Å²) in [6.07, 6.45) is -25.6. The van der Waals surface area contributed by atoms with Gasteiger partial charge in [0.2, 0.25) is 0 Å². The van der Waals surface area contributed by atoms with Crippen LogP contribution in [0.5, 0.6) is 0 Å². The van der Waals surface area contributed by atoms with Gasteiger partial charge in [0.1, 0.15) is 73.2 Å². The van der Waals surface area contributed by atoms with Crippen LogP contribution in [0.4, 0.5) is 0 Å². The molecule has 3 rings (SSSR count). The van der Waals surface area contributed by atoms with E-state index in [-0.39, 0.29) is 0 Å². The highest BCUT2D eigenvalue weighted by atomic mass is 16.8. The lowest BCUT2D eigenvalue weighted by Gasteiger charge is -2.48. The molecule has 0 aliphatic carbocycles. The summed E-state index contributed by atoms with van der Waals surface area (Å²) >= 11 is 0. The van der Waals surface area contributed by atoms with Crippen LogP contribution >= 0.6 is 0 Å². The molecule has 11 N–H and O–H groups in total. The average Bonchev–Trinajstić information content (AvgIpc) is 2.83. The fourth-order valence-electron chi connectivity index (χ4n) is 4.03. The molecule has 16 nitrogen and oxygen atoms in total. The van der Waals surface area contributed by atoms with Crippen molar-refractivity contribution in [3.8, 4) is 0 Å². The average molecular weight is 504 g/mol. The Kier molecular flexibility index (Phi) is 9.54. The smallest absolute Gasteiger partial charge is 0.187 e. The van der Waals surface area contributed by atoms with Crippen LogP contribution in [0.3, 0.4) is 0 Å². The largest absolute Gasteiger partial charge is 0.394 e. The van der Waals surface area contributed by atoms with Crippen molar-refractivity contribution in [1.82, 2.24) is 0 Å². The minimum Gasteiger partial charge on any atom is -0.394 e. The molecule has 16 heteroatoms. The van der Waals surface area contributed by atoms with Crippen LogP contribution in [-0.2, 0) is 23.7 Å². The highest BCUT2D eigenvalue weighted by molar-refractivity contribution is 4.96. The first-order chi connectivity index (χ1) is 16.0. The lowest BCUT2D eigenvalue weighted by Crippen LogP contribution is -2.67. The van der Waals surface area contributed by atoms with E-state index in [1.54, 1.807) is 0 Å². The van der Waals surface area contributed by atoms with Crippen LogP contribution in [0.2, 0.25) is 0 Å². The Morgan fingerprint density at radius 2 is 0.824 bits per heavy atom. The van der Waals surface area contributed by atoms with Crippen molar-refractivity contribution in [3.63, 3.8) is 0 Å². The Labute approximate surface area is 192 Å². The topological polar surface area (TPSA) is 269 Å². The van der Waals surface area contributed by atoms with Crippen molar-refractivity contribution >= 4 is 0 Å². The van der Waals surface area contributed by atoms with Gasteiger partial charge in [0.25, 0.3) is 0 Å². The van der Waals surface area contributed by atoms with Gasteiger partial charge in [0, 0.05) is 0 Å². The molecular formula is C18H32O16. The Balaban J connectivity index is 1.83. The molecule has 3 aliphatic heterocycles. The summed E-state index contributed by atoms with van der Waals surface area (Å²) in [5.41, 5.74) is 0. The molecule has 0 aromatic heterocycles. The van der Waals surface area contributed by atoms with E-state index < -0.39 is 112 Å². The molecule has 3 fully saturated rings. The normalized spacial score (nSPS) is 52.5. The molecule has 0 aromatic rings. The van der Waals surface area contributed by atoms with Gasteiger partial charge in [-0.15, -0.1) is 0 Å². The van der Waals surface area contributed by atoms with E-state index in [0.29, 0.717) is 0 Å².